The van der Waals surface area contributed by atoms with Gasteiger partial charge < -0.3 is 19.9 Å². The number of nitrogens with one attached hydrogen (secondary N) is 1. The van der Waals surface area contributed by atoms with Gasteiger partial charge in [-0.1, -0.05) is 30.3 Å². The lowest BCUT2D eigenvalue weighted by molar-refractivity contribution is -0.132. The van der Waals surface area contributed by atoms with Crippen LogP contribution < -0.4 is 5.32 Å². The van der Waals surface area contributed by atoms with Crippen LogP contribution in [0.5, 0.6) is 0 Å². The molecule has 7 heteroatoms. The summed E-state index contributed by atoms with van der Waals surface area (Å²) < 4.78 is 4.88. The van der Waals surface area contributed by atoms with Crippen LogP contribution in [0.25, 0.3) is 0 Å². The van der Waals surface area contributed by atoms with Gasteiger partial charge in [0.2, 0.25) is 5.91 Å². The Morgan fingerprint density at radius 1 is 1.17 bits per heavy atom. The lowest BCUT2D eigenvalue weighted by Gasteiger charge is -2.26. The first-order valence-corrected chi connectivity index (χ1v) is 9.59. The molecule has 1 heterocycles. The van der Waals surface area contributed by atoms with E-state index in [2.05, 4.69) is 5.32 Å². The first-order valence-electron chi connectivity index (χ1n) is 9.59. The Hall–Kier alpha value is -3.35. The van der Waals surface area contributed by atoms with Crippen molar-refractivity contribution in [1.82, 2.24) is 9.80 Å². The molecule has 1 fully saturated rings. The SMILES string of the molecule is C[C@@H](c1cccc(NC(=O)c2ccccc2)c1)N(C)C(=O)CCN1CCOC1=O. The van der Waals surface area contributed by atoms with Crippen LogP contribution in [0.15, 0.2) is 54.6 Å². The summed E-state index contributed by atoms with van der Waals surface area (Å²) in [6.45, 7) is 3.18. The minimum atomic E-state index is -0.365. The molecule has 0 spiro atoms. The molecule has 1 N–H and O–H groups in total. The fourth-order valence-electron chi connectivity index (χ4n) is 3.14. The third kappa shape index (κ3) is 5.13. The van der Waals surface area contributed by atoms with Gasteiger partial charge in [-0.2, -0.15) is 0 Å². The first kappa shape index (κ1) is 20.4. The van der Waals surface area contributed by atoms with Crippen molar-refractivity contribution in [3.05, 3.63) is 65.7 Å². The lowest BCUT2D eigenvalue weighted by atomic mass is 10.1. The van der Waals surface area contributed by atoms with Gasteiger partial charge in [-0.15, -0.1) is 0 Å². The molecule has 2 aromatic carbocycles. The molecule has 1 aliphatic heterocycles. The highest BCUT2D eigenvalue weighted by Gasteiger charge is 2.24. The van der Waals surface area contributed by atoms with Crippen LogP contribution in [0.2, 0.25) is 0 Å². The second kappa shape index (κ2) is 9.23. The van der Waals surface area contributed by atoms with E-state index in [1.807, 2.05) is 49.4 Å². The van der Waals surface area contributed by atoms with Crippen LogP contribution in [-0.2, 0) is 9.53 Å². The van der Waals surface area contributed by atoms with Gasteiger partial charge in [0.05, 0.1) is 12.6 Å². The van der Waals surface area contributed by atoms with Gasteiger partial charge in [-0.25, -0.2) is 4.79 Å². The maximum absolute atomic E-state index is 12.5. The summed E-state index contributed by atoms with van der Waals surface area (Å²) in [4.78, 5) is 39.6. The van der Waals surface area contributed by atoms with Crippen molar-refractivity contribution in [3.63, 3.8) is 0 Å². The Balaban J connectivity index is 1.60. The number of nitrogens with zero attached hydrogens (tertiary/aromatic N) is 2. The zero-order valence-electron chi connectivity index (χ0n) is 16.6. The molecule has 152 valence electrons. The molecule has 29 heavy (non-hydrogen) atoms. The molecule has 0 radical (unpaired) electrons. The Labute approximate surface area is 170 Å². The smallest absolute Gasteiger partial charge is 0.409 e. The Bertz CT molecular complexity index is 885. The largest absolute Gasteiger partial charge is 0.448 e. The van der Waals surface area contributed by atoms with Gasteiger partial charge in [-0.3, -0.25) is 9.59 Å². The van der Waals surface area contributed by atoms with E-state index in [-0.39, 0.29) is 30.4 Å². The quantitative estimate of drug-likeness (QED) is 0.780. The Kier molecular flexibility index (Phi) is 6.49. The number of cyclic esters (lactones) is 1. The minimum Gasteiger partial charge on any atom is -0.448 e. The molecular weight excluding hydrogens is 370 g/mol. The van der Waals surface area contributed by atoms with E-state index in [1.54, 1.807) is 24.1 Å². The normalized spacial score (nSPS) is 14.3. The highest BCUT2D eigenvalue weighted by atomic mass is 16.6. The van der Waals surface area contributed by atoms with Gasteiger partial charge in [0.15, 0.2) is 0 Å². The zero-order valence-corrected chi connectivity index (χ0v) is 16.6. The third-order valence-corrected chi connectivity index (χ3v) is 5.08. The fourth-order valence-corrected chi connectivity index (χ4v) is 3.14. The molecule has 0 unspecified atom stereocenters. The molecule has 3 rings (SSSR count). The molecule has 1 aliphatic rings. The summed E-state index contributed by atoms with van der Waals surface area (Å²) in [6, 6.07) is 16.3. The van der Waals surface area contributed by atoms with Crippen LogP contribution in [-0.4, -0.2) is 54.5 Å². The monoisotopic (exact) mass is 395 g/mol. The topological polar surface area (TPSA) is 79.0 Å². The van der Waals surface area contributed by atoms with E-state index in [0.29, 0.717) is 30.9 Å². The summed E-state index contributed by atoms with van der Waals surface area (Å²) in [5.74, 6) is -0.242. The summed E-state index contributed by atoms with van der Waals surface area (Å²) in [5, 5.41) is 2.89. The van der Waals surface area contributed by atoms with Crippen molar-refractivity contribution in [2.24, 2.45) is 0 Å². The molecule has 0 saturated carbocycles. The number of carbonyl (C=O) groups is 3. The second-order valence-corrected chi connectivity index (χ2v) is 6.98. The maximum Gasteiger partial charge on any atom is 0.409 e. The maximum atomic E-state index is 12.5. The van der Waals surface area contributed by atoms with E-state index in [0.717, 1.165) is 5.56 Å². The Morgan fingerprint density at radius 3 is 2.62 bits per heavy atom. The highest BCUT2D eigenvalue weighted by Crippen LogP contribution is 2.23. The molecule has 7 nitrogen and oxygen atoms in total. The van der Waals surface area contributed by atoms with Gasteiger partial charge >= 0.3 is 6.09 Å². The van der Waals surface area contributed by atoms with Crippen molar-refractivity contribution in [2.75, 3.05) is 32.1 Å². The molecule has 0 aromatic heterocycles. The number of carbonyl (C=O) groups excluding carboxylic acids is 3. The van der Waals surface area contributed by atoms with Crippen LogP contribution in [0, 0.1) is 0 Å². The molecule has 1 atom stereocenters. The van der Waals surface area contributed by atoms with Crippen LogP contribution in [0.1, 0.15) is 35.3 Å². The summed E-state index contributed by atoms with van der Waals surface area (Å²) >= 11 is 0. The van der Waals surface area contributed by atoms with E-state index in [4.69, 9.17) is 4.74 Å². The molecule has 1 saturated heterocycles. The predicted molar refractivity (Wildman–Crippen MR) is 110 cm³/mol. The van der Waals surface area contributed by atoms with E-state index < -0.39 is 0 Å². The van der Waals surface area contributed by atoms with Crippen LogP contribution in [0.4, 0.5) is 10.5 Å². The van der Waals surface area contributed by atoms with Gasteiger partial charge in [-0.05, 0) is 36.8 Å². The predicted octanol–water partition coefficient (Wildman–Crippen LogP) is 3.30. The lowest BCUT2D eigenvalue weighted by Crippen LogP contribution is -2.34. The number of amides is 3. The van der Waals surface area contributed by atoms with E-state index >= 15 is 0 Å². The number of ether oxygens (including phenoxy) is 1. The highest BCUT2D eigenvalue weighted by molar-refractivity contribution is 6.04. The van der Waals surface area contributed by atoms with Crippen molar-refractivity contribution < 1.29 is 19.1 Å². The van der Waals surface area contributed by atoms with Crippen molar-refractivity contribution in [2.45, 2.75) is 19.4 Å². The summed E-state index contributed by atoms with van der Waals surface area (Å²) in [6.07, 6.45) is -0.129. The minimum absolute atomic E-state index is 0.0593. The molecule has 0 bridgehead atoms. The number of anilines is 1. The number of rotatable bonds is 7. The molecule has 0 aliphatic carbocycles. The number of hydrogen-bond acceptors (Lipinski definition) is 4. The molecule has 2 aromatic rings. The summed E-state index contributed by atoms with van der Waals surface area (Å²) in [5.41, 5.74) is 2.16. The third-order valence-electron chi connectivity index (χ3n) is 5.08. The van der Waals surface area contributed by atoms with Crippen LogP contribution >= 0.6 is 0 Å². The summed E-state index contributed by atoms with van der Waals surface area (Å²) in [7, 11) is 1.74. The van der Waals surface area contributed by atoms with Crippen molar-refractivity contribution in [1.29, 1.82) is 0 Å². The Morgan fingerprint density at radius 2 is 1.93 bits per heavy atom. The average Bonchev–Trinajstić information content (AvgIpc) is 3.16. The van der Waals surface area contributed by atoms with Crippen molar-refractivity contribution >= 4 is 23.6 Å². The zero-order chi connectivity index (χ0) is 20.8. The van der Waals surface area contributed by atoms with Gasteiger partial charge in [0.25, 0.3) is 5.91 Å². The van der Waals surface area contributed by atoms with E-state index in [1.165, 1.54) is 4.90 Å². The standard InChI is InChI=1S/C22H25N3O4/c1-16(24(2)20(26)11-12-25-13-14-29-22(25)28)18-9-6-10-19(15-18)23-21(27)17-7-4-3-5-8-17/h3-10,15-16H,11-14H2,1-2H3,(H,23,27)/t16-/m0/s1. The second-order valence-electron chi connectivity index (χ2n) is 6.98. The van der Waals surface area contributed by atoms with E-state index in [9.17, 15) is 14.4 Å². The molecular formula is C22H25N3O4. The fraction of sp³-hybridized carbons (Fsp3) is 0.318. The average molecular weight is 395 g/mol. The number of hydrogen-bond donors (Lipinski definition) is 1. The van der Waals surface area contributed by atoms with Crippen LogP contribution in [0.3, 0.4) is 0 Å². The van der Waals surface area contributed by atoms with Gasteiger partial charge in [0, 0.05) is 31.3 Å². The number of benzene rings is 2. The first-order chi connectivity index (χ1) is 14.0. The van der Waals surface area contributed by atoms with Crippen molar-refractivity contribution in [3.8, 4) is 0 Å². The van der Waals surface area contributed by atoms with Gasteiger partial charge in [0.1, 0.15) is 6.61 Å². The molecule has 3 amide bonds.